The summed E-state index contributed by atoms with van der Waals surface area (Å²) < 4.78 is 11.4. The van der Waals surface area contributed by atoms with E-state index in [4.69, 9.17) is 9.47 Å². The van der Waals surface area contributed by atoms with Gasteiger partial charge in [-0.15, -0.1) is 0 Å². The smallest absolute Gasteiger partial charge is 0.238 e. The number of thiazole rings is 1. The van der Waals surface area contributed by atoms with E-state index in [9.17, 15) is 4.79 Å². The maximum Gasteiger partial charge on any atom is 0.238 e. The monoisotopic (exact) mass is 281 g/mol. The second kappa shape index (κ2) is 5.75. The molecule has 0 aliphatic heterocycles. The Bertz CT molecular complexity index is 556. The number of benzene rings is 1. The highest BCUT2D eigenvalue weighted by Crippen LogP contribution is 2.38. The lowest BCUT2D eigenvalue weighted by molar-refractivity contribution is -0.120. The van der Waals surface area contributed by atoms with E-state index >= 15 is 0 Å². The number of hydrogen-bond donors (Lipinski definition) is 2. The highest BCUT2D eigenvalue weighted by molar-refractivity contribution is 7.22. The number of nitrogens with one attached hydrogen (secondary N) is 2. The van der Waals surface area contributed by atoms with Crippen molar-refractivity contribution in [2.24, 2.45) is 0 Å². The first kappa shape index (κ1) is 13.4. The average molecular weight is 281 g/mol. The van der Waals surface area contributed by atoms with Gasteiger partial charge in [-0.2, -0.15) is 0 Å². The van der Waals surface area contributed by atoms with Crippen molar-refractivity contribution in [1.82, 2.24) is 10.4 Å². The van der Waals surface area contributed by atoms with Crippen LogP contribution in [0, 0.1) is 0 Å². The van der Waals surface area contributed by atoms with Crippen LogP contribution < -0.4 is 20.3 Å². The number of carbonyl (C=O) groups is 1. The molecule has 0 aliphatic rings. The van der Waals surface area contributed by atoms with Crippen LogP contribution in [0.25, 0.3) is 10.2 Å². The molecule has 2 N–H and O–H groups in total. The van der Waals surface area contributed by atoms with Crippen molar-refractivity contribution < 1.29 is 14.3 Å². The van der Waals surface area contributed by atoms with Crippen LogP contribution in [0.15, 0.2) is 12.1 Å². The zero-order valence-electron chi connectivity index (χ0n) is 10.9. The normalized spacial score (nSPS) is 10.3. The fraction of sp³-hybridized carbons (Fsp3) is 0.333. The lowest BCUT2D eigenvalue weighted by Crippen LogP contribution is -2.28. The fourth-order valence-corrected chi connectivity index (χ4v) is 2.48. The Morgan fingerprint density at radius 1 is 1.32 bits per heavy atom. The second-order valence-corrected chi connectivity index (χ2v) is 4.69. The number of hydrazine groups is 1. The number of nitrogens with zero attached hydrogens (tertiary/aromatic N) is 1. The van der Waals surface area contributed by atoms with Crippen LogP contribution in [-0.2, 0) is 4.79 Å². The zero-order valence-corrected chi connectivity index (χ0v) is 11.8. The third-order valence-electron chi connectivity index (χ3n) is 2.54. The maximum absolute atomic E-state index is 11.2. The Labute approximate surface area is 114 Å². The quantitative estimate of drug-likeness (QED) is 0.822. The molecule has 1 aromatic carbocycles. The van der Waals surface area contributed by atoms with Crippen LogP contribution >= 0.6 is 11.3 Å². The van der Waals surface area contributed by atoms with Gasteiger partial charge >= 0.3 is 0 Å². The summed E-state index contributed by atoms with van der Waals surface area (Å²) >= 11 is 1.39. The summed E-state index contributed by atoms with van der Waals surface area (Å²) in [6.07, 6.45) is 0.407. The van der Waals surface area contributed by atoms with E-state index in [0.717, 1.165) is 10.4 Å². The van der Waals surface area contributed by atoms with Gasteiger partial charge in [-0.1, -0.05) is 18.3 Å². The van der Waals surface area contributed by atoms with Gasteiger partial charge in [-0.05, 0) is 12.1 Å². The van der Waals surface area contributed by atoms with E-state index in [0.29, 0.717) is 22.8 Å². The van der Waals surface area contributed by atoms with Gasteiger partial charge in [0.2, 0.25) is 11.0 Å². The van der Waals surface area contributed by atoms with Crippen LogP contribution in [0.3, 0.4) is 0 Å². The number of rotatable bonds is 5. The molecule has 0 aliphatic carbocycles. The Morgan fingerprint density at radius 2 is 2.00 bits per heavy atom. The number of carbonyl (C=O) groups excluding carboxylic acids is 1. The van der Waals surface area contributed by atoms with E-state index in [1.165, 1.54) is 11.3 Å². The topological polar surface area (TPSA) is 72.5 Å². The number of methoxy groups -OCH3 is 2. The van der Waals surface area contributed by atoms with Crippen molar-refractivity contribution in [1.29, 1.82) is 0 Å². The van der Waals surface area contributed by atoms with Crippen LogP contribution in [0.5, 0.6) is 11.5 Å². The van der Waals surface area contributed by atoms with Crippen molar-refractivity contribution >= 4 is 32.6 Å². The first-order chi connectivity index (χ1) is 9.19. The first-order valence-electron chi connectivity index (χ1n) is 5.76. The molecule has 0 bridgehead atoms. The minimum absolute atomic E-state index is 0.0989. The summed E-state index contributed by atoms with van der Waals surface area (Å²) in [4.78, 5) is 15.6. The SMILES string of the molecule is CCC(=O)NNc1nc2c(OC)ccc(OC)c2s1. The van der Waals surface area contributed by atoms with Gasteiger partial charge in [0.25, 0.3) is 0 Å². The molecular formula is C12H15N3O3S. The Kier molecular flexibility index (Phi) is 4.06. The number of ether oxygens (including phenoxy) is 2. The number of hydrogen-bond acceptors (Lipinski definition) is 6. The lowest BCUT2D eigenvalue weighted by atomic mass is 10.3. The molecular weight excluding hydrogens is 266 g/mol. The summed E-state index contributed by atoms with van der Waals surface area (Å²) in [7, 11) is 3.19. The van der Waals surface area contributed by atoms with E-state index in [1.54, 1.807) is 27.2 Å². The molecule has 102 valence electrons. The molecule has 1 heterocycles. The Balaban J connectivity index is 2.35. The molecule has 0 unspecified atom stereocenters. The minimum Gasteiger partial charge on any atom is -0.495 e. The fourth-order valence-electron chi connectivity index (χ4n) is 1.55. The summed E-state index contributed by atoms with van der Waals surface area (Å²) in [6, 6.07) is 3.63. The van der Waals surface area contributed by atoms with Crippen molar-refractivity contribution in [3.8, 4) is 11.5 Å². The molecule has 0 saturated carbocycles. The van der Waals surface area contributed by atoms with Crippen molar-refractivity contribution in [2.45, 2.75) is 13.3 Å². The number of amides is 1. The first-order valence-corrected chi connectivity index (χ1v) is 6.57. The predicted molar refractivity (Wildman–Crippen MR) is 74.8 cm³/mol. The molecule has 1 amide bonds. The van der Waals surface area contributed by atoms with Crippen LogP contribution in [-0.4, -0.2) is 25.1 Å². The third kappa shape index (κ3) is 2.70. The lowest BCUT2D eigenvalue weighted by Gasteiger charge is -2.03. The molecule has 19 heavy (non-hydrogen) atoms. The van der Waals surface area contributed by atoms with E-state index in [1.807, 2.05) is 6.07 Å². The highest BCUT2D eigenvalue weighted by Gasteiger charge is 2.13. The van der Waals surface area contributed by atoms with Crippen LogP contribution in [0.2, 0.25) is 0 Å². The molecule has 6 nitrogen and oxygen atoms in total. The highest BCUT2D eigenvalue weighted by atomic mass is 32.1. The van der Waals surface area contributed by atoms with Crippen LogP contribution in [0.1, 0.15) is 13.3 Å². The zero-order chi connectivity index (χ0) is 13.8. The van der Waals surface area contributed by atoms with Crippen molar-refractivity contribution in [3.05, 3.63) is 12.1 Å². The molecule has 1 aromatic heterocycles. The van der Waals surface area contributed by atoms with Gasteiger partial charge in [-0.3, -0.25) is 15.6 Å². The molecule has 0 saturated heterocycles. The summed E-state index contributed by atoms with van der Waals surface area (Å²) in [5.74, 6) is 1.29. The average Bonchev–Trinajstić information content (AvgIpc) is 2.87. The van der Waals surface area contributed by atoms with Crippen molar-refractivity contribution in [2.75, 3.05) is 19.6 Å². The van der Waals surface area contributed by atoms with Gasteiger partial charge in [-0.25, -0.2) is 4.98 Å². The minimum atomic E-state index is -0.0989. The van der Waals surface area contributed by atoms with Crippen molar-refractivity contribution in [3.63, 3.8) is 0 Å². The molecule has 0 spiro atoms. The van der Waals surface area contributed by atoms with Gasteiger partial charge in [0.1, 0.15) is 21.7 Å². The van der Waals surface area contributed by atoms with Gasteiger partial charge < -0.3 is 9.47 Å². The number of aromatic nitrogens is 1. The van der Waals surface area contributed by atoms with Crippen LogP contribution in [0.4, 0.5) is 5.13 Å². The largest absolute Gasteiger partial charge is 0.495 e. The van der Waals surface area contributed by atoms with E-state index in [2.05, 4.69) is 15.8 Å². The third-order valence-corrected chi connectivity index (χ3v) is 3.53. The molecule has 7 heteroatoms. The Hall–Kier alpha value is -2.02. The molecule has 0 atom stereocenters. The van der Waals surface area contributed by atoms with Gasteiger partial charge in [0.05, 0.1) is 14.2 Å². The molecule has 0 radical (unpaired) electrons. The molecule has 0 fully saturated rings. The Morgan fingerprint density at radius 3 is 2.63 bits per heavy atom. The van der Waals surface area contributed by atoms with Gasteiger partial charge in [0, 0.05) is 6.42 Å². The summed E-state index contributed by atoms with van der Waals surface area (Å²) in [5.41, 5.74) is 6.05. The molecule has 2 rings (SSSR count). The standard InChI is InChI=1S/C12H15N3O3S/c1-4-9(16)14-15-12-13-10-7(17-2)5-6-8(18-3)11(10)19-12/h5-6H,4H2,1-3H3,(H,13,15)(H,14,16). The number of fused-ring (bicyclic) bond motifs is 1. The predicted octanol–water partition coefficient (Wildman–Crippen LogP) is 2.17. The summed E-state index contributed by atoms with van der Waals surface area (Å²) in [6.45, 7) is 1.78. The van der Waals surface area contributed by atoms with Gasteiger partial charge in [0.15, 0.2) is 0 Å². The summed E-state index contributed by atoms with van der Waals surface area (Å²) in [5, 5.41) is 0.583. The second-order valence-electron chi connectivity index (χ2n) is 3.69. The van der Waals surface area contributed by atoms with E-state index < -0.39 is 0 Å². The van der Waals surface area contributed by atoms with E-state index in [-0.39, 0.29) is 5.91 Å². The maximum atomic E-state index is 11.2. The molecule has 2 aromatic rings. The number of anilines is 1.